The van der Waals surface area contributed by atoms with Crippen molar-refractivity contribution in [2.75, 3.05) is 13.1 Å². The molecule has 1 aliphatic rings. The Kier molecular flexibility index (Phi) is 5.31. The first-order valence-corrected chi connectivity index (χ1v) is 9.34. The van der Waals surface area contributed by atoms with Crippen LogP contribution >= 0.6 is 0 Å². The van der Waals surface area contributed by atoms with E-state index in [-0.39, 0.29) is 0 Å². The Labute approximate surface area is 154 Å². The van der Waals surface area contributed by atoms with Gasteiger partial charge in [0.15, 0.2) is 0 Å². The van der Waals surface area contributed by atoms with E-state index in [4.69, 9.17) is 4.74 Å². The van der Waals surface area contributed by atoms with Gasteiger partial charge in [-0.25, -0.2) is 0 Å². The molecule has 0 aliphatic carbocycles. The first-order chi connectivity index (χ1) is 12.9. The average molecular weight is 347 g/mol. The molecule has 0 amide bonds. The van der Waals surface area contributed by atoms with Crippen molar-refractivity contribution in [2.24, 2.45) is 0 Å². The van der Waals surface area contributed by atoms with Gasteiger partial charge in [0.25, 0.3) is 0 Å². The summed E-state index contributed by atoms with van der Waals surface area (Å²) in [4.78, 5) is 2.54. The highest BCUT2D eigenvalue weighted by Crippen LogP contribution is 2.26. The molecular weight excluding hydrogens is 322 g/mol. The normalized spacial score (nSPS) is 17.9. The number of nitrogens with one attached hydrogen (secondary N) is 1. The molecule has 1 N–H and O–H groups in total. The molecule has 1 aliphatic heterocycles. The number of H-pyrrole nitrogens is 1. The number of nitrogens with zero attached hydrogens (tertiary/aromatic N) is 2. The average Bonchev–Trinajstić information content (AvgIpc) is 3.23. The van der Waals surface area contributed by atoms with E-state index in [1.165, 1.54) is 29.7 Å². The molecule has 4 rings (SSSR count). The van der Waals surface area contributed by atoms with Gasteiger partial charge in [-0.2, -0.15) is 5.10 Å². The lowest BCUT2D eigenvalue weighted by Crippen LogP contribution is -2.34. The number of rotatable bonds is 6. The van der Waals surface area contributed by atoms with Crippen LogP contribution in [0, 0.1) is 0 Å². The van der Waals surface area contributed by atoms with Crippen molar-refractivity contribution >= 4 is 0 Å². The zero-order chi connectivity index (χ0) is 17.6. The van der Waals surface area contributed by atoms with Gasteiger partial charge >= 0.3 is 0 Å². The van der Waals surface area contributed by atoms with Crippen LogP contribution in [0.5, 0.6) is 5.75 Å². The van der Waals surface area contributed by atoms with E-state index in [9.17, 15) is 0 Å². The topological polar surface area (TPSA) is 41.1 Å². The minimum Gasteiger partial charge on any atom is -0.489 e. The van der Waals surface area contributed by atoms with Gasteiger partial charge in [0.2, 0.25) is 0 Å². The van der Waals surface area contributed by atoms with Gasteiger partial charge in [0.1, 0.15) is 12.4 Å². The Bertz CT molecular complexity index is 784. The molecule has 0 unspecified atom stereocenters. The molecule has 1 atom stereocenters. The number of hydrogen-bond donors (Lipinski definition) is 1. The van der Waals surface area contributed by atoms with Crippen molar-refractivity contribution in [1.29, 1.82) is 0 Å². The van der Waals surface area contributed by atoms with Gasteiger partial charge in [-0.3, -0.25) is 10.00 Å². The molecule has 26 heavy (non-hydrogen) atoms. The lowest BCUT2D eigenvalue weighted by atomic mass is 9.94. The third-order valence-corrected chi connectivity index (χ3v) is 5.05. The van der Waals surface area contributed by atoms with Gasteiger partial charge in [0.05, 0.1) is 0 Å². The molecule has 134 valence electrons. The molecule has 2 heterocycles. The first kappa shape index (κ1) is 16.9. The van der Waals surface area contributed by atoms with E-state index >= 15 is 0 Å². The van der Waals surface area contributed by atoms with E-state index in [1.807, 2.05) is 24.4 Å². The van der Waals surface area contributed by atoms with Crippen LogP contribution in [0.25, 0.3) is 0 Å². The highest BCUT2D eigenvalue weighted by molar-refractivity contribution is 5.28. The number of hydrogen-bond acceptors (Lipinski definition) is 3. The van der Waals surface area contributed by atoms with Crippen molar-refractivity contribution in [1.82, 2.24) is 15.1 Å². The Morgan fingerprint density at radius 1 is 1.00 bits per heavy atom. The zero-order valence-electron chi connectivity index (χ0n) is 15.0. The van der Waals surface area contributed by atoms with Crippen LogP contribution in [-0.2, 0) is 13.2 Å². The van der Waals surface area contributed by atoms with Crippen molar-refractivity contribution in [3.8, 4) is 5.75 Å². The monoisotopic (exact) mass is 347 g/mol. The van der Waals surface area contributed by atoms with Crippen molar-refractivity contribution in [2.45, 2.75) is 31.9 Å². The van der Waals surface area contributed by atoms with Crippen LogP contribution in [-0.4, -0.2) is 28.2 Å². The third-order valence-electron chi connectivity index (χ3n) is 5.05. The molecule has 1 aromatic heterocycles. The van der Waals surface area contributed by atoms with Gasteiger partial charge in [-0.15, -0.1) is 0 Å². The predicted octanol–water partition coefficient (Wildman–Crippen LogP) is 4.37. The molecule has 2 aromatic carbocycles. The minimum atomic E-state index is 0.569. The fourth-order valence-corrected chi connectivity index (χ4v) is 3.64. The minimum absolute atomic E-state index is 0.569. The van der Waals surface area contributed by atoms with E-state index < -0.39 is 0 Å². The number of ether oxygens (including phenoxy) is 1. The van der Waals surface area contributed by atoms with Crippen LogP contribution in [0.3, 0.4) is 0 Å². The maximum atomic E-state index is 5.88. The fraction of sp³-hybridized carbons (Fsp3) is 0.318. The number of aromatic amines is 1. The van der Waals surface area contributed by atoms with Gasteiger partial charge < -0.3 is 4.74 Å². The third kappa shape index (κ3) is 4.33. The molecule has 0 saturated carbocycles. The summed E-state index contributed by atoms with van der Waals surface area (Å²) in [6, 6.07) is 20.9. The fourth-order valence-electron chi connectivity index (χ4n) is 3.64. The van der Waals surface area contributed by atoms with Crippen molar-refractivity contribution in [3.63, 3.8) is 0 Å². The van der Waals surface area contributed by atoms with Crippen molar-refractivity contribution in [3.05, 3.63) is 83.7 Å². The SMILES string of the molecule is c1ccc(COc2ccc(CN3CCC[C@H](c4ccn[nH]4)C3)cc2)cc1. The highest BCUT2D eigenvalue weighted by atomic mass is 16.5. The smallest absolute Gasteiger partial charge is 0.119 e. The number of likely N-dealkylation sites (tertiary alicyclic amines) is 1. The quantitative estimate of drug-likeness (QED) is 0.720. The number of benzene rings is 2. The van der Waals surface area contributed by atoms with Crippen LogP contribution in [0.4, 0.5) is 0 Å². The number of aromatic nitrogens is 2. The maximum absolute atomic E-state index is 5.88. The summed E-state index contributed by atoms with van der Waals surface area (Å²) in [6.07, 6.45) is 4.33. The Hall–Kier alpha value is -2.59. The second-order valence-electron chi connectivity index (χ2n) is 7.00. The van der Waals surface area contributed by atoms with E-state index in [2.05, 4.69) is 57.6 Å². The number of piperidine rings is 1. The molecule has 0 bridgehead atoms. The molecule has 4 heteroatoms. The summed E-state index contributed by atoms with van der Waals surface area (Å²) < 4.78 is 5.88. The summed E-state index contributed by atoms with van der Waals surface area (Å²) in [5.41, 5.74) is 3.79. The molecule has 0 radical (unpaired) electrons. The van der Waals surface area contributed by atoms with Crippen LogP contribution in [0.2, 0.25) is 0 Å². The lowest BCUT2D eigenvalue weighted by Gasteiger charge is -2.32. The Balaban J connectivity index is 1.31. The second-order valence-corrected chi connectivity index (χ2v) is 7.00. The summed E-state index contributed by atoms with van der Waals surface area (Å²) >= 11 is 0. The molecule has 1 saturated heterocycles. The van der Waals surface area contributed by atoms with Crippen LogP contribution < -0.4 is 4.74 Å². The Morgan fingerprint density at radius 2 is 1.85 bits per heavy atom. The van der Waals surface area contributed by atoms with Gasteiger partial charge in [-0.05, 0) is 48.7 Å². The predicted molar refractivity (Wildman–Crippen MR) is 103 cm³/mol. The van der Waals surface area contributed by atoms with E-state index in [0.717, 1.165) is 25.4 Å². The lowest BCUT2D eigenvalue weighted by molar-refractivity contribution is 0.198. The molecule has 3 aromatic rings. The first-order valence-electron chi connectivity index (χ1n) is 9.34. The van der Waals surface area contributed by atoms with Crippen molar-refractivity contribution < 1.29 is 4.74 Å². The second kappa shape index (κ2) is 8.19. The molecule has 4 nitrogen and oxygen atoms in total. The van der Waals surface area contributed by atoms with Gasteiger partial charge in [0, 0.05) is 30.9 Å². The Morgan fingerprint density at radius 3 is 2.62 bits per heavy atom. The molecule has 1 fully saturated rings. The molecule has 0 spiro atoms. The standard InChI is InChI=1S/C22H25N3O/c1-2-5-19(6-3-1)17-26-21-10-8-18(9-11-21)15-25-14-4-7-20(16-25)22-12-13-23-24-22/h1-3,5-6,8-13,20H,4,7,14-17H2,(H,23,24)/t20-/m0/s1. The maximum Gasteiger partial charge on any atom is 0.119 e. The van der Waals surface area contributed by atoms with E-state index in [0.29, 0.717) is 12.5 Å². The van der Waals surface area contributed by atoms with E-state index in [1.54, 1.807) is 0 Å². The van der Waals surface area contributed by atoms with Gasteiger partial charge in [-0.1, -0.05) is 42.5 Å². The summed E-state index contributed by atoms with van der Waals surface area (Å²) in [5.74, 6) is 1.49. The van der Waals surface area contributed by atoms with Crippen LogP contribution in [0.15, 0.2) is 66.9 Å². The largest absolute Gasteiger partial charge is 0.489 e. The zero-order valence-corrected chi connectivity index (χ0v) is 15.0. The van der Waals surface area contributed by atoms with Crippen LogP contribution in [0.1, 0.15) is 35.6 Å². The summed E-state index contributed by atoms with van der Waals surface area (Å²) in [5, 5.41) is 7.23. The molecular formula is C22H25N3O. The summed E-state index contributed by atoms with van der Waals surface area (Å²) in [6.45, 7) is 3.85. The summed E-state index contributed by atoms with van der Waals surface area (Å²) in [7, 11) is 0. The highest BCUT2D eigenvalue weighted by Gasteiger charge is 2.22.